The number of rotatable bonds is 3. The van der Waals surface area contributed by atoms with Crippen LogP contribution in [0.3, 0.4) is 0 Å². The molecule has 2 aliphatic carbocycles. The van der Waals surface area contributed by atoms with Crippen LogP contribution in [-0.2, 0) is 6.42 Å². The zero-order valence-electron chi connectivity index (χ0n) is 12.0. The fourth-order valence-electron chi connectivity index (χ4n) is 4.01. The molecule has 0 radical (unpaired) electrons. The number of nitrogens with two attached hydrogens (primary N) is 1. The van der Waals surface area contributed by atoms with Crippen LogP contribution in [0.1, 0.15) is 49.3 Å². The second-order valence-corrected chi connectivity index (χ2v) is 6.42. The molecule has 2 aliphatic rings. The molecule has 0 aliphatic heterocycles. The molecule has 2 atom stereocenters. The van der Waals surface area contributed by atoms with Gasteiger partial charge in [0.1, 0.15) is 0 Å². The molecule has 0 saturated heterocycles. The van der Waals surface area contributed by atoms with Gasteiger partial charge in [0.05, 0.1) is 0 Å². The summed E-state index contributed by atoms with van der Waals surface area (Å²) >= 11 is 0. The van der Waals surface area contributed by atoms with Crippen molar-refractivity contribution in [2.45, 2.75) is 50.6 Å². The Balaban J connectivity index is 1.68. The predicted molar refractivity (Wildman–Crippen MR) is 80.1 cm³/mol. The van der Waals surface area contributed by atoms with Gasteiger partial charge in [0, 0.05) is 18.6 Å². The van der Waals surface area contributed by atoms with Gasteiger partial charge < -0.3 is 10.6 Å². The lowest BCUT2D eigenvalue weighted by atomic mass is 9.83. The summed E-state index contributed by atoms with van der Waals surface area (Å²) in [6.45, 7) is 1.24. The van der Waals surface area contributed by atoms with Gasteiger partial charge in [-0.15, -0.1) is 0 Å². The van der Waals surface area contributed by atoms with Gasteiger partial charge in [-0.05, 0) is 49.8 Å². The van der Waals surface area contributed by atoms with Crippen molar-refractivity contribution in [3.8, 4) is 0 Å². The third kappa shape index (κ3) is 2.70. The van der Waals surface area contributed by atoms with Gasteiger partial charge in [0.2, 0.25) is 0 Å². The highest BCUT2D eigenvalue weighted by molar-refractivity contribution is 5.33. The summed E-state index contributed by atoms with van der Waals surface area (Å²) < 4.78 is 0. The molecule has 0 bridgehead atoms. The number of nitrogens with zero attached hydrogens (tertiary/aromatic N) is 1. The maximum Gasteiger partial charge on any atom is 0.0455 e. The zero-order chi connectivity index (χ0) is 13.2. The minimum absolute atomic E-state index is 0.191. The van der Waals surface area contributed by atoms with Crippen LogP contribution in [0.25, 0.3) is 0 Å². The zero-order valence-corrected chi connectivity index (χ0v) is 12.0. The lowest BCUT2D eigenvalue weighted by Gasteiger charge is -2.38. The van der Waals surface area contributed by atoms with E-state index >= 15 is 0 Å². The lowest BCUT2D eigenvalue weighted by Crippen LogP contribution is -2.45. The van der Waals surface area contributed by atoms with Gasteiger partial charge in [0.25, 0.3) is 0 Å². The number of aryl methyl sites for hydroxylation is 1. The van der Waals surface area contributed by atoms with Crippen LogP contribution in [0.5, 0.6) is 0 Å². The molecule has 19 heavy (non-hydrogen) atoms. The van der Waals surface area contributed by atoms with Crippen LogP contribution in [0, 0.1) is 5.92 Å². The minimum atomic E-state index is 0.191. The molecule has 104 valence electrons. The van der Waals surface area contributed by atoms with E-state index in [1.165, 1.54) is 56.2 Å². The summed E-state index contributed by atoms with van der Waals surface area (Å²) in [5.41, 5.74) is 9.36. The van der Waals surface area contributed by atoms with E-state index in [-0.39, 0.29) is 6.04 Å². The fourth-order valence-corrected chi connectivity index (χ4v) is 4.01. The van der Waals surface area contributed by atoms with E-state index in [0.717, 1.165) is 5.92 Å². The van der Waals surface area contributed by atoms with E-state index in [1.54, 1.807) is 0 Å². The first-order chi connectivity index (χ1) is 9.25. The first-order valence-corrected chi connectivity index (χ1v) is 7.79. The Kier molecular flexibility index (Phi) is 3.90. The molecule has 1 saturated carbocycles. The third-order valence-electron chi connectivity index (χ3n) is 5.13. The summed E-state index contributed by atoms with van der Waals surface area (Å²) in [7, 11) is 2.27. The number of likely N-dealkylation sites (N-methyl/N-ethyl adjacent to an activating group) is 1. The van der Waals surface area contributed by atoms with Crippen LogP contribution in [0.2, 0.25) is 0 Å². The van der Waals surface area contributed by atoms with Crippen molar-refractivity contribution >= 4 is 0 Å². The van der Waals surface area contributed by atoms with Crippen LogP contribution < -0.4 is 5.73 Å². The normalized spacial score (nSPS) is 27.7. The molecule has 0 spiro atoms. The number of fused-ring (bicyclic) bond motifs is 1. The lowest BCUT2D eigenvalue weighted by molar-refractivity contribution is 0.166. The molecule has 0 heterocycles. The van der Waals surface area contributed by atoms with E-state index in [1.807, 2.05) is 0 Å². The van der Waals surface area contributed by atoms with Crippen LogP contribution >= 0.6 is 0 Å². The van der Waals surface area contributed by atoms with E-state index in [9.17, 15) is 0 Å². The molecule has 1 aromatic rings. The molecule has 2 heteroatoms. The second-order valence-electron chi connectivity index (χ2n) is 6.42. The Hall–Kier alpha value is -0.860. The highest BCUT2D eigenvalue weighted by Crippen LogP contribution is 2.32. The predicted octanol–water partition coefficient (Wildman–Crippen LogP) is 3.12. The van der Waals surface area contributed by atoms with Gasteiger partial charge in [-0.1, -0.05) is 37.1 Å². The molecule has 2 nitrogen and oxygen atoms in total. The van der Waals surface area contributed by atoms with Gasteiger partial charge in [0.15, 0.2) is 0 Å². The minimum Gasteiger partial charge on any atom is -0.323 e. The summed E-state index contributed by atoms with van der Waals surface area (Å²) in [4.78, 5) is 2.54. The number of hydrogen-bond acceptors (Lipinski definition) is 2. The molecule has 3 rings (SSSR count). The van der Waals surface area contributed by atoms with Crippen LogP contribution in [-0.4, -0.2) is 24.5 Å². The number of benzene rings is 1. The van der Waals surface area contributed by atoms with Crippen molar-refractivity contribution in [3.63, 3.8) is 0 Å². The molecule has 2 N–H and O–H groups in total. The molecular formula is C17H26N2. The smallest absolute Gasteiger partial charge is 0.0455 e. The SMILES string of the molecule is CN(CC1CCCC1)C1CCc2ccccc2C1N. The molecule has 2 unspecified atom stereocenters. The van der Waals surface area contributed by atoms with Crippen molar-refractivity contribution < 1.29 is 0 Å². The van der Waals surface area contributed by atoms with E-state index in [2.05, 4.69) is 36.2 Å². The van der Waals surface area contributed by atoms with Gasteiger partial charge in [-0.25, -0.2) is 0 Å². The van der Waals surface area contributed by atoms with E-state index in [0.29, 0.717) is 6.04 Å². The highest BCUT2D eigenvalue weighted by Gasteiger charge is 2.30. The summed E-state index contributed by atoms with van der Waals surface area (Å²) in [6.07, 6.45) is 8.09. The topological polar surface area (TPSA) is 29.3 Å². The van der Waals surface area contributed by atoms with Crippen molar-refractivity contribution in [2.24, 2.45) is 11.7 Å². The van der Waals surface area contributed by atoms with Crippen LogP contribution in [0.15, 0.2) is 24.3 Å². The van der Waals surface area contributed by atoms with E-state index in [4.69, 9.17) is 5.73 Å². The van der Waals surface area contributed by atoms with Crippen molar-refractivity contribution in [3.05, 3.63) is 35.4 Å². The second kappa shape index (κ2) is 5.64. The Morgan fingerprint density at radius 2 is 1.89 bits per heavy atom. The van der Waals surface area contributed by atoms with Gasteiger partial charge >= 0.3 is 0 Å². The molecule has 0 aromatic heterocycles. The monoisotopic (exact) mass is 258 g/mol. The Bertz CT molecular complexity index is 423. The molecular weight excluding hydrogens is 232 g/mol. The summed E-state index contributed by atoms with van der Waals surface area (Å²) in [6, 6.07) is 9.43. The Morgan fingerprint density at radius 1 is 1.16 bits per heavy atom. The summed E-state index contributed by atoms with van der Waals surface area (Å²) in [5.74, 6) is 0.911. The van der Waals surface area contributed by atoms with Gasteiger partial charge in [-0.2, -0.15) is 0 Å². The van der Waals surface area contributed by atoms with Gasteiger partial charge in [-0.3, -0.25) is 0 Å². The Morgan fingerprint density at radius 3 is 2.68 bits per heavy atom. The quantitative estimate of drug-likeness (QED) is 0.902. The largest absolute Gasteiger partial charge is 0.323 e. The molecule has 1 aromatic carbocycles. The van der Waals surface area contributed by atoms with Crippen molar-refractivity contribution in [2.75, 3.05) is 13.6 Å². The average Bonchev–Trinajstić information content (AvgIpc) is 2.92. The van der Waals surface area contributed by atoms with E-state index < -0.39 is 0 Å². The van der Waals surface area contributed by atoms with Crippen LogP contribution in [0.4, 0.5) is 0 Å². The first-order valence-electron chi connectivity index (χ1n) is 7.79. The number of hydrogen-bond donors (Lipinski definition) is 1. The molecule has 0 amide bonds. The Labute approximate surface area is 117 Å². The maximum absolute atomic E-state index is 6.52. The maximum atomic E-state index is 6.52. The third-order valence-corrected chi connectivity index (χ3v) is 5.13. The first kappa shape index (κ1) is 13.1. The standard InChI is InChI=1S/C17H26N2/c1-19(12-13-6-2-3-7-13)16-11-10-14-8-4-5-9-15(14)17(16)18/h4-5,8-9,13,16-17H,2-3,6-7,10-12,18H2,1H3. The van der Waals surface area contributed by atoms with Crippen molar-refractivity contribution in [1.82, 2.24) is 4.90 Å². The van der Waals surface area contributed by atoms with Crippen molar-refractivity contribution in [1.29, 1.82) is 0 Å². The summed E-state index contributed by atoms with van der Waals surface area (Å²) in [5, 5.41) is 0. The highest BCUT2D eigenvalue weighted by atomic mass is 15.1. The molecule has 1 fully saturated rings. The average molecular weight is 258 g/mol. The fraction of sp³-hybridized carbons (Fsp3) is 0.647.